The monoisotopic (exact) mass is 248 g/mol. The Hall–Kier alpha value is -0.690. The van der Waals surface area contributed by atoms with E-state index in [-0.39, 0.29) is 19.1 Å². The average molecular weight is 248 g/mol. The number of carbonyl (C=O) groups is 1. The Balaban J connectivity index is 3.74. The van der Waals surface area contributed by atoms with Gasteiger partial charge in [0, 0.05) is 26.8 Å². The van der Waals surface area contributed by atoms with Gasteiger partial charge in [-0.25, -0.2) is 0 Å². The Labute approximate surface area is 102 Å². The fourth-order valence-electron chi connectivity index (χ4n) is 1.10. The van der Waals surface area contributed by atoms with Gasteiger partial charge in [-0.1, -0.05) is 0 Å². The molecular weight excluding hydrogens is 224 g/mol. The van der Waals surface area contributed by atoms with Gasteiger partial charge in [-0.3, -0.25) is 4.79 Å². The summed E-state index contributed by atoms with van der Waals surface area (Å²) in [5.41, 5.74) is -1.20. The van der Waals surface area contributed by atoms with Crippen molar-refractivity contribution in [1.82, 2.24) is 10.6 Å². The highest BCUT2D eigenvalue weighted by molar-refractivity contribution is 5.81. The summed E-state index contributed by atoms with van der Waals surface area (Å²) in [6, 6.07) is -0.407. The third-order valence-electron chi connectivity index (χ3n) is 2.35. The number of nitrogens with one attached hydrogen (secondary N) is 2. The number of amides is 1. The zero-order valence-electron chi connectivity index (χ0n) is 10.8. The van der Waals surface area contributed by atoms with Gasteiger partial charge in [0.05, 0.1) is 18.2 Å². The maximum atomic E-state index is 11.6. The number of ether oxygens (including phenoxy) is 1. The Bertz CT molecular complexity index is 222. The van der Waals surface area contributed by atoms with E-state index in [9.17, 15) is 9.90 Å². The number of hydrogen-bond donors (Lipinski definition) is 4. The number of aliphatic hydroxyl groups is 2. The highest BCUT2D eigenvalue weighted by Gasteiger charge is 2.21. The van der Waals surface area contributed by atoms with E-state index >= 15 is 0 Å². The molecule has 6 heteroatoms. The van der Waals surface area contributed by atoms with Gasteiger partial charge in [0.15, 0.2) is 0 Å². The van der Waals surface area contributed by atoms with Crippen LogP contribution in [0.2, 0.25) is 0 Å². The molecule has 4 N–H and O–H groups in total. The lowest BCUT2D eigenvalue weighted by Gasteiger charge is -2.23. The molecule has 0 fully saturated rings. The number of carbonyl (C=O) groups excluding carboxylic acids is 1. The minimum atomic E-state index is -1.20. The fraction of sp³-hybridized carbons (Fsp3) is 0.909. The van der Waals surface area contributed by atoms with Gasteiger partial charge in [-0.05, 0) is 20.3 Å². The Kier molecular flexibility index (Phi) is 8.07. The van der Waals surface area contributed by atoms with Crippen LogP contribution in [-0.2, 0) is 9.53 Å². The quantitative estimate of drug-likeness (QED) is 0.387. The van der Waals surface area contributed by atoms with Crippen molar-refractivity contribution >= 4 is 5.91 Å². The van der Waals surface area contributed by atoms with Crippen LogP contribution in [0.4, 0.5) is 0 Å². The summed E-state index contributed by atoms with van der Waals surface area (Å²) in [6.45, 7) is 4.21. The minimum Gasteiger partial charge on any atom is -0.393 e. The number of hydrogen-bond acceptors (Lipinski definition) is 5. The summed E-state index contributed by atoms with van der Waals surface area (Å²) in [4.78, 5) is 11.6. The fourth-order valence-corrected chi connectivity index (χ4v) is 1.10. The van der Waals surface area contributed by atoms with Crippen molar-refractivity contribution in [2.24, 2.45) is 0 Å². The van der Waals surface area contributed by atoms with Gasteiger partial charge >= 0.3 is 0 Å². The van der Waals surface area contributed by atoms with E-state index < -0.39 is 11.6 Å². The van der Waals surface area contributed by atoms with E-state index in [1.54, 1.807) is 14.0 Å². The van der Waals surface area contributed by atoms with Gasteiger partial charge in [0.2, 0.25) is 5.91 Å². The minimum absolute atomic E-state index is 0.130. The molecule has 0 aromatic heterocycles. The van der Waals surface area contributed by atoms with Crippen molar-refractivity contribution in [3.8, 4) is 0 Å². The van der Waals surface area contributed by atoms with Crippen LogP contribution in [0.25, 0.3) is 0 Å². The van der Waals surface area contributed by atoms with Crippen molar-refractivity contribution in [3.63, 3.8) is 0 Å². The number of methoxy groups -OCH3 is 1. The third kappa shape index (κ3) is 8.09. The topological polar surface area (TPSA) is 90.8 Å². The van der Waals surface area contributed by atoms with Crippen LogP contribution >= 0.6 is 0 Å². The molecule has 17 heavy (non-hydrogen) atoms. The van der Waals surface area contributed by atoms with Gasteiger partial charge < -0.3 is 25.6 Å². The van der Waals surface area contributed by atoms with Crippen LogP contribution in [0.3, 0.4) is 0 Å². The lowest BCUT2D eigenvalue weighted by atomic mass is 10.1. The van der Waals surface area contributed by atoms with Crippen molar-refractivity contribution < 1.29 is 19.7 Å². The summed E-state index contributed by atoms with van der Waals surface area (Å²) in [7, 11) is 1.61. The summed E-state index contributed by atoms with van der Waals surface area (Å²) >= 11 is 0. The summed E-state index contributed by atoms with van der Waals surface area (Å²) in [6.07, 6.45) is 0.767. The molecule has 0 heterocycles. The second-order valence-electron chi connectivity index (χ2n) is 4.40. The van der Waals surface area contributed by atoms with Gasteiger partial charge in [-0.15, -0.1) is 0 Å². The predicted molar refractivity (Wildman–Crippen MR) is 64.7 cm³/mol. The molecule has 0 aliphatic heterocycles. The van der Waals surface area contributed by atoms with Crippen molar-refractivity contribution in [1.29, 1.82) is 0 Å². The number of rotatable bonds is 9. The van der Waals surface area contributed by atoms with Gasteiger partial charge in [-0.2, -0.15) is 0 Å². The van der Waals surface area contributed by atoms with Crippen LogP contribution in [-0.4, -0.2) is 61.2 Å². The molecular formula is C11H24N2O4. The predicted octanol–water partition coefficient (Wildman–Crippen LogP) is -1.14. The molecule has 6 nitrogen and oxygen atoms in total. The van der Waals surface area contributed by atoms with Crippen LogP contribution in [0.5, 0.6) is 0 Å². The zero-order valence-corrected chi connectivity index (χ0v) is 10.8. The van der Waals surface area contributed by atoms with E-state index in [0.29, 0.717) is 13.2 Å². The molecule has 0 aromatic carbocycles. The normalized spacial score (nSPS) is 16.3. The van der Waals surface area contributed by atoms with E-state index in [1.165, 1.54) is 6.92 Å². The van der Waals surface area contributed by atoms with Crippen LogP contribution in [0.15, 0.2) is 0 Å². The van der Waals surface area contributed by atoms with E-state index in [0.717, 1.165) is 6.42 Å². The van der Waals surface area contributed by atoms with Crippen LogP contribution < -0.4 is 10.6 Å². The molecule has 0 rings (SSSR count). The molecule has 0 aliphatic rings. The number of aliphatic hydroxyl groups excluding tert-OH is 1. The van der Waals surface area contributed by atoms with Crippen molar-refractivity contribution in [3.05, 3.63) is 0 Å². The van der Waals surface area contributed by atoms with Gasteiger partial charge in [0.25, 0.3) is 0 Å². The zero-order chi connectivity index (χ0) is 13.3. The molecule has 0 aliphatic carbocycles. The first kappa shape index (κ1) is 16.3. The maximum Gasteiger partial charge on any atom is 0.236 e. The molecule has 0 saturated heterocycles. The standard InChI is InChI=1S/C11H24N2O4/c1-9(13-7-11(2,16)8-14)10(15)12-5-4-6-17-3/h9,13-14,16H,4-8H2,1-3H3,(H,12,15). The van der Waals surface area contributed by atoms with E-state index in [4.69, 9.17) is 9.84 Å². The molecule has 102 valence electrons. The van der Waals surface area contributed by atoms with Crippen LogP contribution in [0.1, 0.15) is 20.3 Å². The third-order valence-corrected chi connectivity index (χ3v) is 2.35. The Morgan fingerprint density at radius 3 is 2.71 bits per heavy atom. The summed E-state index contributed by atoms with van der Waals surface area (Å²) in [5, 5.41) is 24.0. The second kappa shape index (κ2) is 8.41. The maximum absolute atomic E-state index is 11.6. The van der Waals surface area contributed by atoms with Crippen LogP contribution in [0, 0.1) is 0 Å². The Morgan fingerprint density at radius 2 is 2.18 bits per heavy atom. The summed E-state index contributed by atoms with van der Waals surface area (Å²) in [5.74, 6) is -0.130. The molecule has 1 amide bonds. The van der Waals surface area contributed by atoms with Crippen molar-refractivity contribution in [2.75, 3.05) is 33.4 Å². The Morgan fingerprint density at radius 1 is 1.53 bits per heavy atom. The highest BCUT2D eigenvalue weighted by Crippen LogP contribution is 1.99. The first-order valence-electron chi connectivity index (χ1n) is 5.76. The molecule has 0 spiro atoms. The molecule has 0 radical (unpaired) electrons. The lowest BCUT2D eigenvalue weighted by molar-refractivity contribution is -0.123. The summed E-state index contributed by atoms with van der Waals surface area (Å²) < 4.78 is 4.86. The first-order valence-corrected chi connectivity index (χ1v) is 5.76. The molecule has 2 unspecified atom stereocenters. The molecule has 2 atom stereocenters. The lowest BCUT2D eigenvalue weighted by Crippen LogP contribution is -2.49. The highest BCUT2D eigenvalue weighted by atomic mass is 16.5. The molecule has 0 saturated carbocycles. The van der Waals surface area contributed by atoms with E-state index in [2.05, 4.69) is 10.6 Å². The first-order chi connectivity index (χ1) is 7.93. The van der Waals surface area contributed by atoms with E-state index in [1.807, 2.05) is 0 Å². The van der Waals surface area contributed by atoms with Crippen molar-refractivity contribution in [2.45, 2.75) is 31.9 Å². The van der Waals surface area contributed by atoms with Gasteiger partial charge in [0.1, 0.15) is 0 Å². The smallest absolute Gasteiger partial charge is 0.236 e. The average Bonchev–Trinajstić information content (AvgIpc) is 2.31. The second-order valence-corrected chi connectivity index (χ2v) is 4.40. The largest absolute Gasteiger partial charge is 0.393 e. The SMILES string of the molecule is COCCCNC(=O)C(C)NCC(C)(O)CO. The molecule has 0 aromatic rings. The molecule has 0 bridgehead atoms.